The number of carbonyl (C=O) groups is 4. The van der Waals surface area contributed by atoms with E-state index in [0.717, 1.165) is 0 Å². The number of nitrogens with zero attached hydrogens (tertiary/aromatic N) is 3. The first-order chi connectivity index (χ1) is 16.4. The van der Waals surface area contributed by atoms with Crippen molar-refractivity contribution in [3.8, 4) is 0 Å². The number of nitrogens with one attached hydrogen (secondary N) is 2. The molecule has 1 aromatic heterocycles. The summed E-state index contributed by atoms with van der Waals surface area (Å²) in [6, 6.07) is 6.10. The van der Waals surface area contributed by atoms with Gasteiger partial charge in [-0.3, -0.25) is 10.1 Å². The van der Waals surface area contributed by atoms with Crippen LogP contribution < -0.4 is 10.6 Å². The third kappa shape index (κ3) is 6.91. The fourth-order valence-electron chi connectivity index (χ4n) is 3.20. The predicted octanol–water partition coefficient (Wildman–Crippen LogP) is 2.81. The standard InChI is InChI=1S/C22H27N5O6S/c1-3-32-19(29)15-5-7-16(8-6-15)23-18(28)13-17-14-34-20(24-17)25-21(30)26-9-11-27(12-10-26)22(31)33-4-2/h5-8,14H,3-4,9-13H2,1-2H3,(H,23,28)(H,24,25,30). The van der Waals surface area contributed by atoms with E-state index in [1.807, 2.05) is 0 Å². The lowest BCUT2D eigenvalue weighted by atomic mass is 10.2. The Morgan fingerprint density at radius 3 is 2.24 bits per heavy atom. The Bertz CT molecular complexity index is 1020. The Balaban J connectivity index is 1.45. The van der Waals surface area contributed by atoms with Gasteiger partial charge < -0.3 is 24.6 Å². The van der Waals surface area contributed by atoms with Crippen molar-refractivity contribution >= 4 is 46.2 Å². The molecule has 0 aliphatic carbocycles. The van der Waals surface area contributed by atoms with Crippen LogP contribution in [-0.2, 0) is 20.7 Å². The van der Waals surface area contributed by atoms with Crippen LogP contribution >= 0.6 is 11.3 Å². The predicted molar refractivity (Wildman–Crippen MR) is 126 cm³/mol. The topological polar surface area (TPSA) is 130 Å². The highest BCUT2D eigenvalue weighted by Crippen LogP contribution is 2.18. The van der Waals surface area contributed by atoms with Gasteiger partial charge in [-0.2, -0.15) is 0 Å². The highest BCUT2D eigenvalue weighted by Gasteiger charge is 2.25. The molecule has 0 spiro atoms. The molecule has 12 heteroatoms. The first kappa shape index (κ1) is 25.0. The quantitative estimate of drug-likeness (QED) is 0.572. The van der Waals surface area contributed by atoms with Crippen LogP contribution in [0.5, 0.6) is 0 Å². The second kappa shape index (κ2) is 12.0. The summed E-state index contributed by atoms with van der Waals surface area (Å²) in [5, 5.41) is 7.58. The Morgan fingerprint density at radius 1 is 0.941 bits per heavy atom. The summed E-state index contributed by atoms with van der Waals surface area (Å²) in [7, 11) is 0. The summed E-state index contributed by atoms with van der Waals surface area (Å²) >= 11 is 1.23. The van der Waals surface area contributed by atoms with Crippen LogP contribution in [-0.4, -0.2) is 78.2 Å². The van der Waals surface area contributed by atoms with E-state index < -0.39 is 5.97 Å². The van der Waals surface area contributed by atoms with Gasteiger partial charge in [-0.15, -0.1) is 11.3 Å². The Hall–Kier alpha value is -3.67. The zero-order valence-electron chi connectivity index (χ0n) is 19.0. The lowest BCUT2D eigenvalue weighted by Gasteiger charge is -2.33. The average Bonchev–Trinajstić information content (AvgIpc) is 3.26. The van der Waals surface area contributed by atoms with Crippen molar-refractivity contribution in [2.24, 2.45) is 0 Å². The van der Waals surface area contributed by atoms with Crippen molar-refractivity contribution in [2.75, 3.05) is 50.0 Å². The van der Waals surface area contributed by atoms with Gasteiger partial charge in [0.25, 0.3) is 0 Å². The number of thiazole rings is 1. The molecule has 0 radical (unpaired) electrons. The molecule has 1 fully saturated rings. The molecule has 3 rings (SSSR count). The van der Waals surface area contributed by atoms with E-state index in [1.165, 1.54) is 11.3 Å². The van der Waals surface area contributed by atoms with Gasteiger partial charge >= 0.3 is 18.1 Å². The summed E-state index contributed by atoms with van der Waals surface area (Å²) in [5.41, 5.74) is 1.47. The minimum atomic E-state index is -0.418. The molecular weight excluding hydrogens is 462 g/mol. The number of urea groups is 1. The first-order valence-corrected chi connectivity index (χ1v) is 11.8. The van der Waals surface area contributed by atoms with Crippen LogP contribution in [0.2, 0.25) is 0 Å². The van der Waals surface area contributed by atoms with E-state index >= 15 is 0 Å². The SMILES string of the molecule is CCOC(=O)c1ccc(NC(=O)Cc2csc(NC(=O)N3CCN(C(=O)OCC)CC3)n2)cc1. The molecular formula is C22H27N5O6S. The van der Waals surface area contributed by atoms with Crippen molar-refractivity contribution in [3.05, 3.63) is 40.9 Å². The van der Waals surface area contributed by atoms with Crippen LogP contribution in [0.25, 0.3) is 0 Å². The van der Waals surface area contributed by atoms with Gasteiger partial charge in [0.1, 0.15) is 0 Å². The Morgan fingerprint density at radius 2 is 1.59 bits per heavy atom. The van der Waals surface area contributed by atoms with E-state index in [2.05, 4.69) is 15.6 Å². The molecule has 2 heterocycles. The van der Waals surface area contributed by atoms with Gasteiger partial charge in [0.2, 0.25) is 5.91 Å². The molecule has 0 saturated carbocycles. The Kier molecular flexibility index (Phi) is 8.79. The maximum absolute atomic E-state index is 12.5. The van der Waals surface area contributed by atoms with Gasteiger partial charge in [-0.05, 0) is 38.1 Å². The van der Waals surface area contributed by atoms with Gasteiger partial charge in [0.15, 0.2) is 5.13 Å². The number of benzene rings is 1. The van der Waals surface area contributed by atoms with Crippen LogP contribution in [0.3, 0.4) is 0 Å². The maximum Gasteiger partial charge on any atom is 0.409 e. The number of hydrogen-bond donors (Lipinski definition) is 2. The van der Waals surface area contributed by atoms with Crippen molar-refractivity contribution in [1.82, 2.24) is 14.8 Å². The van der Waals surface area contributed by atoms with Crippen LogP contribution in [0.4, 0.5) is 20.4 Å². The summed E-state index contributed by atoms with van der Waals surface area (Å²) < 4.78 is 9.91. The molecule has 182 valence electrons. The van der Waals surface area contributed by atoms with Gasteiger partial charge in [0, 0.05) is 37.2 Å². The highest BCUT2D eigenvalue weighted by atomic mass is 32.1. The number of anilines is 2. The van der Waals surface area contributed by atoms with E-state index in [-0.39, 0.29) is 24.5 Å². The van der Waals surface area contributed by atoms with Gasteiger partial charge in [-0.1, -0.05) is 0 Å². The molecule has 0 atom stereocenters. The zero-order chi connectivity index (χ0) is 24.5. The highest BCUT2D eigenvalue weighted by molar-refractivity contribution is 7.13. The van der Waals surface area contributed by atoms with E-state index in [1.54, 1.807) is 53.3 Å². The summed E-state index contributed by atoms with van der Waals surface area (Å²) in [5.74, 6) is -0.694. The number of amides is 4. The largest absolute Gasteiger partial charge is 0.462 e. The number of ether oxygens (including phenoxy) is 2. The smallest absolute Gasteiger partial charge is 0.409 e. The lowest BCUT2D eigenvalue weighted by molar-refractivity contribution is -0.115. The van der Waals surface area contributed by atoms with Crippen LogP contribution in [0.15, 0.2) is 29.6 Å². The third-order valence-electron chi connectivity index (χ3n) is 4.88. The first-order valence-electron chi connectivity index (χ1n) is 10.9. The number of esters is 1. The maximum atomic E-state index is 12.5. The Labute approximate surface area is 201 Å². The number of rotatable bonds is 7. The molecule has 34 heavy (non-hydrogen) atoms. The zero-order valence-corrected chi connectivity index (χ0v) is 19.9. The molecule has 2 aromatic rings. The van der Waals surface area contributed by atoms with Crippen molar-refractivity contribution in [3.63, 3.8) is 0 Å². The normalized spacial score (nSPS) is 13.2. The monoisotopic (exact) mass is 489 g/mol. The van der Waals surface area contributed by atoms with Crippen molar-refractivity contribution < 1.29 is 28.7 Å². The minimum Gasteiger partial charge on any atom is -0.462 e. The van der Waals surface area contributed by atoms with Crippen molar-refractivity contribution in [1.29, 1.82) is 0 Å². The molecule has 11 nitrogen and oxygen atoms in total. The summed E-state index contributed by atoms with van der Waals surface area (Å²) in [6.45, 7) is 5.66. The number of carbonyl (C=O) groups excluding carboxylic acids is 4. The van der Waals surface area contributed by atoms with Gasteiger partial charge in [-0.25, -0.2) is 19.4 Å². The lowest BCUT2D eigenvalue weighted by Crippen LogP contribution is -2.51. The summed E-state index contributed by atoms with van der Waals surface area (Å²) in [4.78, 5) is 55.8. The number of hydrogen-bond acceptors (Lipinski definition) is 8. The molecule has 1 aliphatic rings. The molecule has 1 saturated heterocycles. The third-order valence-corrected chi connectivity index (χ3v) is 5.69. The van der Waals surface area contributed by atoms with E-state index in [4.69, 9.17) is 9.47 Å². The van der Waals surface area contributed by atoms with Gasteiger partial charge in [0.05, 0.1) is 30.9 Å². The second-order valence-corrected chi connectivity index (χ2v) is 8.13. The summed E-state index contributed by atoms with van der Waals surface area (Å²) in [6.07, 6.45) is -0.343. The molecule has 0 bridgehead atoms. The average molecular weight is 490 g/mol. The van der Waals surface area contributed by atoms with E-state index in [9.17, 15) is 19.2 Å². The number of aromatic nitrogens is 1. The molecule has 1 aromatic carbocycles. The van der Waals surface area contributed by atoms with Crippen LogP contribution in [0.1, 0.15) is 29.9 Å². The van der Waals surface area contributed by atoms with Crippen LogP contribution in [0, 0.1) is 0 Å². The van der Waals surface area contributed by atoms with Crippen molar-refractivity contribution in [2.45, 2.75) is 20.3 Å². The molecule has 2 N–H and O–H groups in total. The fraction of sp³-hybridized carbons (Fsp3) is 0.409. The minimum absolute atomic E-state index is 0.0320. The fourth-order valence-corrected chi connectivity index (χ4v) is 3.90. The number of piperazine rings is 1. The second-order valence-electron chi connectivity index (χ2n) is 7.27. The molecule has 4 amide bonds. The molecule has 0 unspecified atom stereocenters. The molecule has 1 aliphatic heterocycles. The van der Waals surface area contributed by atoms with E-state index in [0.29, 0.717) is 61.5 Å².